The molecule has 8 nitrogen and oxygen atoms in total. The van der Waals surface area contributed by atoms with Gasteiger partial charge < -0.3 is 10.2 Å². The number of rotatable bonds is 12. The van der Waals surface area contributed by atoms with Crippen LogP contribution in [0.5, 0.6) is 0 Å². The van der Waals surface area contributed by atoms with Crippen LogP contribution in [0, 0.1) is 6.92 Å². The van der Waals surface area contributed by atoms with Crippen molar-refractivity contribution in [2.75, 3.05) is 23.7 Å². The molecule has 9 heteroatoms. The van der Waals surface area contributed by atoms with Gasteiger partial charge in [-0.3, -0.25) is 18.7 Å². The van der Waals surface area contributed by atoms with Gasteiger partial charge in [-0.05, 0) is 44.9 Å². The third-order valence-electron chi connectivity index (χ3n) is 5.69. The molecule has 0 unspecified atom stereocenters. The number of carbonyl (C=O) groups is 3. The second-order valence-electron chi connectivity index (χ2n) is 8.70. The summed E-state index contributed by atoms with van der Waals surface area (Å²) in [5, 5.41) is 2.85. The van der Waals surface area contributed by atoms with Crippen molar-refractivity contribution in [3.05, 3.63) is 65.2 Å². The van der Waals surface area contributed by atoms with Crippen LogP contribution < -0.4 is 9.62 Å². The number of aryl methyl sites for hydroxylation is 1. The molecule has 190 valence electrons. The molecule has 0 spiro atoms. The Balaban J connectivity index is 2.38. The maximum atomic E-state index is 13.5. The van der Waals surface area contributed by atoms with Crippen LogP contribution in [0.15, 0.2) is 48.5 Å². The monoisotopic (exact) mass is 501 g/mol. The second-order valence-corrected chi connectivity index (χ2v) is 10.6. The molecule has 0 aliphatic heterocycles. The van der Waals surface area contributed by atoms with Crippen LogP contribution in [0.2, 0.25) is 0 Å². The van der Waals surface area contributed by atoms with E-state index in [0.29, 0.717) is 12.1 Å². The summed E-state index contributed by atoms with van der Waals surface area (Å²) in [6, 6.07) is 12.9. The number of hydrogen-bond acceptors (Lipinski definition) is 5. The van der Waals surface area contributed by atoms with E-state index >= 15 is 0 Å². The Labute approximate surface area is 208 Å². The summed E-state index contributed by atoms with van der Waals surface area (Å²) in [6.45, 7) is 7.13. The van der Waals surface area contributed by atoms with Gasteiger partial charge >= 0.3 is 0 Å². The number of nitrogens with one attached hydrogen (secondary N) is 1. The first kappa shape index (κ1) is 28.0. The number of amides is 2. The molecule has 0 aliphatic rings. The van der Waals surface area contributed by atoms with Gasteiger partial charge in [0.1, 0.15) is 12.6 Å². The maximum absolute atomic E-state index is 13.5. The Hall–Kier alpha value is -3.20. The van der Waals surface area contributed by atoms with Crippen molar-refractivity contribution in [2.24, 2.45) is 0 Å². The van der Waals surface area contributed by atoms with Crippen molar-refractivity contribution in [2.45, 2.75) is 53.1 Å². The van der Waals surface area contributed by atoms with Crippen molar-refractivity contribution in [1.29, 1.82) is 0 Å². The van der Waals surface area contributed by atoms with Crippen LogP contribution in [-0.4, -0.2) is 56.3 Å². The molecule has 1 N–H and O–H groups in total. The van der Waals surface area contributed by atoms with Gasteiger partial charge in [-0.2, -0.15) is 0 Å². The summed E-state index contributed by atoms with van der Waals surface area (Å²) in [5.41, 5.74) is 2.43. The molecular formula is C26H35N3O5S. The molecule has 0 saturated carbocycles. The average Bonchev–Trinajstić information content (AvgIpc) is 2.81. The van der Waals surface area contributed by atoms with E-state index < -0.39 is 28.5 Å². The van der Waals surface area contributed by atoms with E-state index in [-0.39, 0.29) is 23.9 Å². The van der Waals surface area contributed by atoms with Crippen LogP contribution in [-0.2, 0) is 26.2 Å². The number of nitrogens with zero attached hydrogens (tertiary/aromatic N) is 2. The van der Waals surface area contributed by atoms with E-state index in [4.69, 9.17) is 0 Å². The summed E-state index contributed by atoms with van der Waals surface area (Å²) in [4.78, 5) is 39.5. The predicted octanol–water partition coefficient (Wildman–Crippen LogP) is 3.30. The molecule has 0 bridgehead atoms. The van der Waals surface area contributed by atoms with Crippen LogP contribution in [0.3, 0.4) is 0 Å². The highest BCUT2D eigenvalue weighted by atomic mass is 32.2. The van der Waals surface area contributed by atoms with Crippen LogP contribution in [0.4, 0.5) is 5.69 Å². The number of anilines is 1. The first-order chi connectivity index (χ1) is 16.4. The zero-order chi connectivity index (χ0) is 26.2. The Bertz CT molecular complexity index is 1150. The fourth-order valence-electron chi connectivity index (χ4n) is 3.50. The van der Waals surface area contributed by atoms with Crippen LogP contribution >= 0.6 is 0 Å². The van der Waals surface area contributed by atoms with Crippen molar-refractivity contribution in [3.63, 3.8) is 0 Å². The molecule has 0 heterocycles. The molecule has 0 radical (unpaired) electrons. The normalized spacial score (nSPS) is 12.0. The van der Waals surface area contributed by atoms with Crippen LogP contribution in [0.25, 0.3) is 0 Å². The van der Waals surface area contributed by atoms with Crippen molar-refractivity contribution < 1.29 is 22.8 Å². The third-order valence-corrected chi connectivity index (χ3v) is 6.83. The van der Waals surface area contributed by atoms with Gasteiger partial charge in [0.25, 0.3) is 0 Å². The van der Waals surface area contributed by atoms with Gasteiger partial charge in [0, 0.05) is 18.7 Å². The van der Waals surface area contributed by atoms with E-state index in [0.717, 1.165) is 34.5 Å². The minimum absolute atomic E-state index is 0.145. The maximum Gasteiger partial charge on any atom is 0.244 e. The molecule has 0 saturated heterocycles. The smallest absolute Gasteiger partial charge is 0.244 e. The van der Waals surface area contributed by atoms with Gasteiger partial charge in [0.2, 0.25) is 21.8 Å². The van der Waals surface area contributed by atoms with Crippen molar-refractivity contribution >= 4 is 33.3 Å². The quantitative estimate of drug-likeness (QED) is 0.355. The third kappa shape index (κ3) is 8.20. The molecule has 1 atom stereocenters. The van der Waals surface area contributed by atoms with E-state index in [2.05, 4.69) is 5.32 Å². The molecule has 35 heavy (non-hydrogen) atoms. The lowest BCUT2D eigenvalue weighted by molar-refractivity contribution is -0.139. The Morgan fingerprint density at radius 3 is 2.29 bits per heavy atom. The minimum Gasteiger partial charge on any atom is -0.354 e. The zero-order valence-electron chi connectivity index (χ0n) is 21.1. The highest BCUT2D eigenvalue weighted by molar-refractivity contribution is 7.92. The van der Waals surface area contributed by atoms with E-state index in [9.17, 15) is 22.8 Å². The first-order valence-corrected chi connectivity index (χ1v) is 13.5. The lowest BCUT2D eigenvalue weighted by Crippen LogP contribution is -2.51. The Morgan fingerprint density at radius 1 is 1.06 bits per heavy atom. The molecule has 2 amide bonds. The number of ketones is 1. The fraction of sp³-hybridized carbons (Fsp3) is 0.423. The SMILES string of the molecule is CCCCNC(=O)[C@@H](C)N(Cc1ccc(C)cc1)C(=O)CN(c1cccc(C(C)=O)c1)S(C)(=O)=O. The van der Waals surface area contributed by atoms with Gasteiger partial charge in [-0.25, -0.2) is 8.42 Å². The summed E-state index contributed by atoms with van der Waals surface area (Å²) in [5.74, 6) is -1.05. The van der Waals surface area contributed by atoms with Crippen LogP contribution in [0.1, 0.15) is 55.1 Å². The minimum atomic E-state index is -3.86. The highest BCUT2D eigenvalue weighted by Gasteiger charge is 2.30. The number of Topliss-reactive ketones (excluding diaryl/α,β-unsaturated/α-hetero) is 1. The lowest BCUT2D eigenvalue weighted by atomic mass is 10.1. The van der Waals surface area contributed by atoms with E-state index in [1.807, 2.05) is 38.1 Å². The number of benzene rings is 2. The standard InChI is InChI=1S/C26H35N3O5S/c1-6-7-15-27-26(32)20(3)28(17-22-13-11-19(2)12-14-22)25(31)18-29(35(5,33)34)24-10-8-9-23(16-24)21(4)30/h8-14,16,20H,6-7,15,17-18H2,1-5H3,(H,27,32)/t20-/m1/s1. The predicted molar refractivity (Wildman–Crippen MR) is 138 cm³/mol. The van der Waals surface area contributed by atoms with Gasteiger partial charge in [0.15, 0.2) is 5.78 Å². The number of carbonyl (C=O) groups excluding carboxylic acids is 3. The molecule has 0 aromatic heterocycles. The van der Waals surface area contributed by atoms with Crippen molar-refractivity contribution in [3.8, 4) is 0 Å². The number of sulfonamides is 1. The molecule has 0 fully saturated rings. The summed E-state index contributed by atoms with van der Waals surface area (Å²) in [7, 11) is -3.86. The first-order valence-electron chi connectivity index (χ1n) is 11.7. The zero-order valence-corrected chi connectivity index (χ0v) is 21.9. The molecular weight excluding hydrogens is 466 g/mol. The Kier molecular flexibility index (Phi) is 10.0. The van der Waals surface area contributed by atoms with E-state index in [1.54, 1.807) is 19.1 Å². The topological polar surface area (TPSA) is 104 Å². The molecule has 2 aromatic rings. The number of unbranched alkanes of at least 4 members (excludes halogenated alkanes) is 1. The summed E-state index contributed by atoms with van der Waals surface area (Å²) in [6.07, 6.45) is 2.74. The Morgan fingerprint density at radius 2 is 1.71 bits per heavy atom. The average molecular weight is 502 g/mol. The lowest BCUT2D eigenvalue weighted by Gasteiger charge is -2.31. The highest BCUT2D eigenvalue weighted by Crippen LogP contribution is 2.21. The van der Waals surface area contributed by atoms with Gasteiger partial charge in [0.05, 0.1) is 11.9 Å². The van der Waals surface area contributed by atoms with E-state index in [1.165, 1.54) is 24.0 Å². The fourth-order valence-corrected chi connectivity index (χ4v) is 4.34. The summed E-state index contributed by atoms with van der Waals surface area (Å²) < 4.78 is 26.2. The second kappa shape index (κ2) is 12.5. The summed E-state index contributed by atoms with van der Waals surface area (Å²) >= 11 is 0. The molecule has 2 aromatic carbocycles. The largest absolute Gasteiger partial charge is 0.354 e. The van der Waals surface area contributed by atoms with Gasteiger partial charge in [-0.15, -0.1) is 0 Å². The molecule has 0 aliphatic carbocycles. The number of hydrogen-bond donors (Lipinski definition) is 1. The van der Waals surface area contributed by atoms with Crippen molar-refractivity contribution in [1.82, 2.24) is 10.2 Å². The van der Waals surface area contributed by atoms with Gasteiger partial charge in [-0.1, -0.05) is 55.3 Å². The molecule has 2 rings (SSSR count).